The van der Waals surface area contributed by atoms with Crippen molar-refractivity contribution in [2.45, 2.75) is 335 Å². The van der Waals surface area contributed by atoms with Gasteiger partial charge in [-0.05, 0) is 57.8 Å². The fraction of sp³-hybridized carbons (Fsp3) is 0.857. The van der Waals surface area contributed by atoms with Crippen LogP contribution in [0.4, 0.5) is 0 Å². The van der Waals surface area contributed by atoms with Crippen molar-refractivity contribution in [2.75, 3.05) is 13.2 Å². The second-order valence-corrected chi connectivity index (χ2v) is 20.6. The van der Waals surface area contributed by atoms with Gasteiger partial charge in [-0.1, -0.05) is 288 Å². The summed E-state index contributed by atoms with van der Waals surface area (Å²) in [7, 11) is 0. The van der Waals surface area contributed by atoms with Gasteiger partial charge in [0.25, 0.3) is 0 Å². The molecular weight excluding hydrogens is 853 g/mol. The molecule has 0 amide bonds. The number of rotatable bonds is 56. The van der Waals surface area contributed by atoms with Crippen LogP contribution in [0, 0.1) is 0 Å². The molecule has 0 bridgehead atoms. The van der Waals surface area contributed by atoms with Crippen molar-refractivity contribution >= 4 is 17.9 Å². The van der Waals surface area contributed by atoms with E-state index in [4.69, 9.17) is 14.2 Å². The summed E-state index contributed by atoms with van der Waals surface area (Å²) in [5, 5.41) is 0. The lowest BCUT2D eigenvalue weighted by Gasteiger charge is -2.18. The second-order valence-electron chi connectivity index (χ2n) is 20.6. The molecule has 0 aromatic heterocycles. The number of ether oxygens (including phenoxy) is 3. The highest BCUT2D eigenvalue weighted by molar-refractivity contribution is 5.71. The van der Waals surface area contributed by atoms with Gasteiger partial charge in [-0.25, -0.2) is 0 Å². The third-order valence-corrected chi connectivity index (χ3v) is 13.6. The van der Waals surface area contributed by atoms with Crippen LogP contribution in [-0.4, -0.2) is 37.2 Å². The topological polar surface area (TPSA) is 78.9 Å². The van der Waals surface area contributed by atoms with Crippen molar-refractivity contribution in [1.82, 2.24) is 0 Å². The fourth-order valence-corrected chi connectivity index (χ4v) is 9.04. The highest BCUT2D eigenvalue weighted by atomic mass is 16.6. The van der Waals surface area contributed by atoms with E-state index in [1.54, 1.807) is 0 Å². The Bertz CT molecular complexity index is 1160. The van der Waals surface area contributed by atoms with Gasteiger partial charge in [0.05, 0.1) is 0 Å². The monoisotopic (exact) mass is 969 g/mol. The molecule has 0 aromatic carbocycles. The number of unbranched alkanes of at least 4 members (excludes halogenated alkanes) is 39. The van der Waals surface area contributed by atoms with Crippen LogP contribution in [0.25, 0.3) is 0 Å². The van der Waals surface area contributed by atoms with E-state index in [0.717, 1.165) is 70.6 Å². The molecule has 0 aliphatic heterocycles. The van der Waals surface area contributed by atoms with Crippen molar-refractivity contribution in [3.63, 3.8) is 0 Å². The van der Waals surface area contributed by atoms with Gasteiger partial charge in [0.1, 0.15) is 13.2 Å². The molecule has 0 aliphatic carbocycles. The molecule has 0 aliphatic rings. The molecule has 0 N–H and O–H groups in total. The van der Waals surface area contributed by atoms with Crippen LogP contribution in [0.3, 0.4) is 0 Å². The zero-order valence-corrected chi connectivity index (χ0v) is 46.3. The van der Waals surface area contributed by atoms with Crippen molar-refractivity contribution in [3.05, 3.63) is 36.5 Å². The first-order valence-corrected chi connectivity index (χ1v) is 30.5. The lowest BCUT2D eigenvalue weighted by Crippen LogP contribution is -2.30. The maximum absolute atomic E-state index is 12.8. The summed E-state index contributed by atoms with van der Waals surface area (Å²) in [6, 6.07) is 0. The molecule has 69 heavy (non-hydrogen) atoms. The molecule has 0 rings (SSSR count). The average molecular weight is 970 g/mol. The van der Waals surface area contributed by atoms with Gasteiger partial charge in [0.15, 0.2) is 6.10 Å². The summed E-state index contributed by atoms with van der Waals surface area (Å²) in [6.07, 6.45) is 70.0. The Hall–Kier alpha value is -2.37. The van der Waals surface area contributed by atoms with Crippen molar-refractivity contribution in [1.29, 1.82) is 0 Å². The zero-order chi connectivity index (χ0) is 50.0. The summed E-state index contributed by atoms with van der Waals surface area (Å²) >= 11 is 0. The number of allylic oxidation sites excluding steroid dienone is 6. The summed E-state index contributed by atoms with van der Waals surface area (Å²) in [6.45, 7) is 6.67. The minimum Gasteiger partial charge on any atom is -0.462 e. The van der Waals surface area contributed by atoms with Gasteiger partial charge >= 0.3 is 17.9 Å². The second kappa shape index (κ2) is 58.2. The molecule has 6 heteroatoms. The zero-order valence-electron chi connectivity index (χ0n) is 46.3. The smallest absolute Gasteiger partial charge is 0.306 e. The Labute approximate surface area is 429 Å². The molecule has 0 saturated heterocycles. The molecule has 404 valence electrons. The van der Waals surface area contributed by atoms with Crippen molar-refractivity contribution in [3.8, 4) is 0 Å². The highest BCUT2D eigenvalue weighted by Crippen LogP contribution is 2.17. The number of hydrogen-bond donors (Lipinski definition) is 0. The molecule has 0 fully saturated rings. The van der Waals surface area contributed by atoms with E-state index in [-0.39, 0.29) is 31.1 Å². The first-order chi connectivity index (χ1) is 34.0. The van der Waals surface area contributed by atoms with Gasteiger partial charge in [-0.2, -0.15) is 0 Å². The van der Waals surface area contributed by atoms with Gasteiger partial charge in [0.2, 0.25) is 0 Å². The summed E-state index contributed by atoms with van der Waals surface area (Å²) in [5.74, 6) is -0.852. The normalized spacial score (nSPS) is 12.2. The molecule has 1 atom stereocenters. The first-order valence-electron chi connectivity index (χ1n) is 30.5. The summed E-state index contributed by atoms with van der Waals surface area (Å²) in [5.41, 5.74) is 0. The van der Waals surface area contributed by atoms with E-state index in [2.05, 4.69) is 57.2 Å². The van der Waals surface area contributed by atoms with E-state index < -0.39 is 6.10 Å². The van der Waals surface area contributed by atoms with Crippen LogP contribution >= 0.6 is 0 Å². The number of carbonyl (C=O) groups is 3. The molecule has 0 spiro atoms. The average Bonchev–Trinajstić information content (AvgIpc) is 3.35. The van der Waals surface area contributed by atoms with E-state index in [1.807, 2.05) is 0 Å². The van der Waals surface area contributed by atoms with Crippen LogP contribution in [0.15, 0.2) is 36.5 Å². The van der Waals surface area contributed by atoms with Gasteiger partial charge < -0.3 is 14.2 Å². The molecule has 0 radical (unpaired) electrons. The Balaban J connectivity index is 4.23. The maximum atomic E-state index is 12.8. The Morgan fingerprint density at radius 3 is 0.812 bits per heavy atom. The van der Waals surface area contributed by atoms with Crippen LogP contribution in [-0.2, 0) is 28.6 Å². The predicted molar refractivity (Wildman–Crippen MR) is 298 cm³/mol. The Morgan fingerprint density at radius 1 is 0.290 bits per heavy atom. The Kier molecular flexibility index (Phi) is 56.2. The molecular formula is C63H116O6. The number of carbonyl (C=O) groups excluding carboxylic acids is 3. The Morgan fingerprint density at radius 2 is 0.522 bits per heavy atom. The van der Waals surface area contributed by atoms with Crippen LogP contribution in [0.2, 0.25) is 0 Å². The van der Waals surface area contributed by atoms with E-state index in [0.29, 0.717) is 19.3 Å². The standard InChI is InChI=1S/C63H116O6/c1-4-7-10-13-16-19-22-25-27-28-29-30-31-32-33-34-35-36-37-39-41-44-47-50-53-56-62(65)68-59-60(58-67-61(64)55-52-49-46-43-40-24-21-18-15-12-9-6-3)69-63(66)57-54-51-48-45-42-38-26-23-20-17-14-11-8-5-2/h22,25,28-29,31-32,60H,4-21,23-24,26-27,30,33-59H2,1-3H3/b25-22-,29-28-,32-31-. The van der Waals surface area contributed by atoms with Crippen LogP contribution < -0.4 is 0 Å². The third kappa shape index (κ3) is 56.4. The van der Waals surface area contributed by atoms with Gasteiger partial charge in [-0.3, -0.25) is 14.4 Å². The fourth-order valence-electron chi connectivity index (χ4n) is 9.04. The minimum atomic E-state index is -0.769. The number of hydrogen-bond acceptors (Lipinski definition) is 6. The lowest BCUT2D eigenvalue weighted by molar-refractivity contribution is -0.167. The van der Waals surface area contributed by atoms with Crippen LogP contribution in [0.5, 0.6) is 0 Å². The van der Waals surface area contributed by atoms with Crippen molar-refractivity contribution in [2.24, 2.45) is 0 Å². The first kappa shape index (κ1) is 66.6. The molecule has 0 saturated carbocycles. The number of esters is 3. The summed E-state index contributed by atoms with van der Waals surface area (Å²) in [4.78, 5) is 38.2. The van der Waals surface area contributed by atoms with E-state index in [1.165, 1.54) is 218 Å². The molecule has 6 nitrogen and oxygen atoms in total. The van der Waals surface area contributed by atoms with Crippen LogP contribution in [0.1, 0.15) is 329 Å². The third-order valence-electron chi connectivity index (χ3n) is 13.6. The lowest BCUT2D eigenvalue weighted by atomic mass is 10.0. The molecule has 1 unspecified atom stereocenters. The maximum Gasteiger partial charge on any atom is 0.306 e. The molecule has 0 heterocycles. The SMILES string of the molecule is CCCCCCC/C=C\C/C=C\C/C=C\CCCCCCCCCCCCC(=O)OCC(COC(=O)CCCCCCCCCCCCCC)OC(=O)CCCCCCCCCCCCCCCC. The highest BCUT2D eigenvalue weighted by Gasteiger charge is 2.19. The van der Waals surface area contributed by atoms with E-state index in [9.17, 15) is 14.4 Å². The van der Waals surface area contributed by atoms with Gasteiger partial charge in [-0.15, -0.1) is 0 Å². The predicted octanol–water partition coefficient (Wildman–Crippen LogP) is 20.4. The van der Waals surface area contributed by atoms with E-state index >= 15 is 0 Å². The minimum absolute atomic E-state index is 0.0679. The summed E-state index contributed by atoms with van der Waals surface area (Å²) < 4.78 is 16.9. The van der Waals surface area contributed by atoms with Gasteiger partial charge in [0, 0.05) is 19.3 Å². The molecule has 0 aromatic rings. The van der Waals surface area contributed by atoms with Crippen molar-refractivity contribution < 1.29 is 28.6 Å². The largest absolute Gasteiger partial charge is 0.462 e. The quantitative estimate of drug-likeness (QED) is 0.0261.